The maximum atomic E-state index is 13.7. The third-order valence-corrected chi connectivity index (χ3v) is 7.60. The van der Waals surface area contributed by atoms with E-state index < -0.39 is 47.7 Å². The molecule has 0 unspecified atom stereocenters. The summed E-state index contributed by atoms with van der Waals surface area (Å²) in [5.74, 6) is -6.15. The summed E-state index contributed by atoms with van der Waals surface area (Å²) in [6.07, 6.45) is -0.573. The highest BCUT2D eigenvalue weighted by Crippen LogP contribution is 2.46. The molecule has 2 aromatic rings. The molecule has 1 fully saturated rings. The van der Waals surface area contributed by atoms with Crippen molar-refractivity contribution in [2.45, 2.75) is 77.3 Å². The summed E-state index contributed by atoms with van der Waals surface area (Å²) in [5.41, 5.74) is 0.772. The van der Waals surface area contributed by atoms with Crippen LogP contribution >= 0.6 is 11.6 Å². The van der Waals surface area contributed by atoms with Crippen LogP contribution in [0.5, 0.6) is 0 Å². The van der Waals surface area contributed by atoms with E-state index in [1.54, 1.807) is 29.7 Å². The number of Topliss-reactive ketones (excluding diaryl/α,β-unsaturated/α-hetero) is 2. The van der Waals surface area contributed by atoms with Gasteiger partial charge in [0, 0.05) is 41.7 Å². The van der Waals surface area contributed by atoms with Gasteiger partial charge in [0.25, 0.3) is 23.5 Å². The Morgan fingerprint density at radius 3 is 2.42 bits per heavy atom. The first-order valence-corrected chi connectivity index (χ1v) is 12.3. The molecule has 192 valence electrons. The summed E-state index contributed by atoms with van der Waals surface area (Å²) in [6.45, 7) is 6.85. The van der Waals surface area contributed by atoms with Crippen molar-refractivity contribution in [1.82, 2.24) is 9.88 Å². The smallest absolute Gasteiger partial charge is 0.293 e. The molecule has 2 amide bonds. The minimum atomic E-state index is -3.08. The Bertz CT molecular complexity index is 1290. The van der Waals surface area contributed by atoms with Crippen LogP contribution in [0.15, 0.2) is 18.2 Å². The lowest BCUT2D eigenvalue weighted by molar-refractivity contribution is -0.163. The van der Waals surface area contributed by atoms with Crippen LogP contribution in [0.25, 0.3) is 0 Å². The quantitative estimate of drug-likeness (QED) is 0.399. The lowest BCUT2D eigenvalue weighted by Gasteiger charge is -2.46. The molecule has 2 N–H and O–H groups in total. The number of ketones is 2. The van der Waals surface area contributed by atoms with Crippen molar-refractivity contribution in [3.8, 4) is 0 Å². The largest absolute Gasteiger partial charge is 0.337 e. The van der Waals surface area contributed by atoms with E-state index in [9.17, 15) is 28.0 Å². The van der Waals surface area contributed by atoms with Gasteiger partial charge < -0.3 is 15.2 Å². The van der Waals surface area contributed by atoms with Crippen LogP contribution in [-0.2, 0) is 16.0 Å². The number of hydrogen-bond donors (Lipinski definition) is 2. The van der Waals surface area contributed by atoms with Crippen LogP contribution in [0.4, 0.5) is 14.5 Å². The number of carbonyl (C=O) groups excluding carboxylic acids is 4. The molecular formula is C26H28ClF2N3O4. The van der Waals surface area contributed by atoms with Crippen LogP contribution in [-0.4, -0.2) is 39.4 Å². The molecule has 4 rings (SSSR count). The summed E-state index contributed by atoms with van der Waals surface area (Å²) in [4.78, 5) is 52.0. The second-order valence-electron chi connectivity index (χ2n) is 9.82. The van der Waals surface area contributed by atoms with E-state index >= 15 is 0 Å². The number of carbonyl (C=O) groups is 4. The standard InChI is InChI=1S/C26H28ClF2N3O4/c1-5-19(33)25(11-26(28,29)12-25)31-24(36)22(34)20-15(4)21(32-14(3)7-9-18(20)32)23(35)30-16-8-6-13(2)17(27)10-16/h6,8,10,14H,5,7,9,11-12H2,1-4H3,(H,30,35)(H,31,36)/t14-/m1/s1. The van der Waals surface area contributed by atoms with E-state index in [-0.39, 0.29) is 23.7 Å². The molecule has 1 atom stereocenters. The van der Waals surface area contributed by atoms with E-state index in [0.29, 0.717) is 34.8 Å². The molecule has 1 aliphatic carbocycles. The second kappa shape index (κ2) is 9.10. The van der Waals surface area contributed by atoms with Crippen LogP contribution in [0.1, 0.15) is 83.2 Å². The first-order valence-electron chi connectivity index (χ1n) is 11.9. The zero-order valence-corrected chi connectivity index (χ0v) is 21.3. The number of anilines is 1. The van der Waals surface area contributed by atoms with Gasteiger partial charge >= 0.3 is 0 Å². The molecule has 0 radical (unpaired) electrons. The Morgan fingerprint density at radius 1 is 1.17 bits per heavy atom. The van der Waals surface area contributed by atoms with Crippen molar-refractivity contribution in [3.05, 3.63) is 51.3 Å². The fraction of sp³-hybridized carbons (Fsp3) is 0.462. The molecule has 7 nitrogen and oxygen atoms in total. The number of hydrogen-bond acceptors (Lipinski definition) is 4. The summed E-state index contributed by atoms with van der Waals surface area (Å²) in [7, 11) is 0. The fourth-order valence-corrected chi connectivity index (χ4v) is 5.51. The molecule has 2 heterocycles. The molecule has 1 aliphatic heterocycles. The number of halogens is 3. The summed E-state index contributed by atoms with van der Waals surface area (Å²) in [6, 6.07) is 5.01. The van der Waals surface area contributed by atoms with E-state index in [1.807, 2.05) is 13.8 Å². The third-order valence-electron chi connectivity index (χ3n) is 7.20. The molecule has 1 aromatic heterocycles. The summed E-state index contributed by atoms with van der Waals surface area (Å²) in [5, 5.41) is 5.60. The van der Waals surface area contributed by atoms with Gasteiger partial charge in [0.15, 0.2) is 5.78 Å². The van der Waals surface area contributed by atoms with Gasteiger partial charge in [-0.2, -0.15) is 0 Å². The van der Waals surface area contributed by atoms with Gasteiger partial charge in [-0.25, -0.2) is 8.78 Å². The second-order valence-corrected chi connectivity index (χ2v) is 10.2. The number of fused-ring (bicyclic) bond motifs is 1. The lowest BCUT2D eigenvalue weighted by atomic mass is 9.69. The van der Waals surface area contributed by atoms with Gasteiger partial charge in [-0.15, -0.1) is 0 Å². The van der Waals surface area contributed by atoms with Crippen molar-refractivity contribution in [3.63, 3.8) is 0 Å². The summed E-state index contributed by atoms with van der Waals surface area (Å²) < 4.78 is 29.1. The first kappa shape index (κ1) is 26.0. The van der Waals surface area contributed by atoms with E-state index in [4.69, 9.17) is 11.6 Å². The maximum absolute atomic E-state index is 13.7. The highest BCUT2D eigenvalue weighted by molar-refractivity contribution is 6.44. The Hall–Kier alpha value is -3.07. The van der Waals surface area contributed by atoms with Crippen molar-refractivity contribution < 1.29 is 28.0 Å². The van der Waals surface area contributed by atoms with Gasteiger partial charge in [-0.1, -0.05) is 24.6 Å². The van der Waals surface area contributed by atoms with Crippen LogP contribution in [0, 0.1) is 13.8 Å². The predicted octanol–water partition coefficient (Wildman–Crippen LogP) is 4.96. The van der Waals surface area contributed by atoms with Crippen molar-refractivity contribution in [1.29, 1.82) is 0 Å². The molecule has 10 heteroatoms. The number of rotatable bonds is 7. The fourth-order valence-electron chi connectivity index (χ4n) is 5.33. The van der Waals surface area contributed by atoms with E-state index in [2.05, 4.69) is 10.6 Å². The summed E-state index contributed by atoms with van der Waals surface area (Å²) >= 11 is 6.18. The predicted molar refractivity (Wildman–Crippen MR) is 131 cm³/mol. The number of aromatic nitrogens is 1. The average molecular weight is 520 g/mol. The zero-order chi connectivity index (χ0) is 26.6. The molecule has 0 bridgehead atoms. The Kier molecular flexibility index (Phi) is 6.58. The van der Waals surface area contributed by atoms with Gasteiger partial charge in [0.1, 0.15) is 11.2 Å². The average Bonchev–Trinajstić information content (AvgIpc) is 3.29. The third kappa shape index (κ3) is 4.34. The normalized spacial score (nSPS) is 19.2. The van der Waals surface area contributed by atoms with E-state index in [0.717, 1.165) is 5.56 Å². The monoisotopic (exact) mass is 519 g/mol. The Labute approximate surface area is 212 Å². The number of benzene rings is 1. The topological polar surface area (TPSA) is 97.3 Å². The SMILES string of the molecule is CCC(=O)C1(NC(=O)C(=O)c2c(C)c(C(=O)Nc3ccc(C)c(Cl)c3)n3c2CC[C@H]3C)CC(F)(F)C1. The Morgan fingerprint density at radius 2 is 1.83 bits per heavy atom. The van der Waals surface area contributed by atoms with Crippen LogP contribution in [0.2, 0.25) is 5.02 Å². The van der Waals surface area contributed by atoms with Gasteiger partial charge in [0.2, 0.25) is 0 Å². The van der Waals surface area contributed by atoms with E-state index in [1.165, 1.54) is 6.92 Å². The molecule has 36 heavy (non-hydrogen) atoms. The number of alkyl halides is 2. The van der Waals surface area contributed by atoms with Crippen LogP contribution < -0.4 is 10.6 Å². The zero-order valence-electron chi connectivity index (χ0n) is 20.6. The highest BCUT2D eigenvalue weighted by Gasteiger charge is 2.61. The molecule has 0 spiro atoms. The molecule has 0 saturated heterocycles. The number of amides is 2. The molecule has 1 aromatic carbocycles. The minimum absolute atomic E-state index is 0.0456. The number of aryl methyl sites for hydroxylation is 1. The van der Waals surface area contributed by atoms with Crippen molar-refractivity contribution in [2.24, 2.45) is 0 Å². The molecule has 2 aliphatic rings. The number of nitrogens with one attached hydrogen (secondary N) is 2. The van der Waals surface area contributed by atoms with Gasteiger partial charge in [-0.05, 0) is 56.9 Å². The van der Waals surface area contributed by atoms with Crippen LogP contribution in [0.3, 0.4) is 0 Å². The van der Waals surface area contributed by atoms with Crippen molar-refractivity contribution in [2.75, 3.05) is 5.32 Å². The highest BCUT2D eigenvalue weighted by atomic mass is 35.5. The van der Waals surface area contributed by atoms with Gasteiger partial charge in [0.05, 0.1) is 5.56 Å². The molecular weight excluding hydrogens is 492 g/mol. The Balaban J connectivity index is 1.66. The lowest BCUT2D eigenvalue weighted by Crippen LogP contribution is -2.67. The first-order chi connectivity index (χ1) is 16.8. The minimum Gasteiger partial charge on any atom is -0.337 e. The van der Waals surface area contributed by atoms with Gasteiger partial charge in [-0.3, -0.25) is 19.2 Å². The maximum Gasteiger partial charge on any atom is 0.293 e. The number of nitrogens with zero attached hydrogens (tertiary/aromatic N) is 1. The van der Waals surface area contributed by atoms with Crippen molar-refractivity contribution >= 4 is 40.7 Å². The molecule has 1 saturated carbocycles.